The number of halogens is 1. The van der Waals surface area contributed by atoms with Crippen LogP contribution >= 0.6 is 11.6 Å². The summed E-state index contributed by atoms with van der Waals surface area (Å²) in [5.41, 5.74) is 0. The molecule has 1 rings (SSSR count). The predicted octanol–water partition coefficient (Wildman–Crippen LogP) is 2.17. The van der Waals surface area contributed by atoms with Crippen molar-refractivity contribution in [3.63, 3.8) is 0 Å². The molecule has 2 nitrogen and oxygen atoms in total. The summed E-state index contributed by atoms with van der Waals surface area (Å²) in [6.45, 7) is 2.71. The molecule has 0 spiro atoms. The molecule has 1 amide bonds. The average Bonchev–Trinajstić information content (AvgIpc) is 2.65. The van der Waals surface area contributed by atoms with Gasteiger partial charge in [-0.3, -0.25) is 4.79 Å². The molecule has 13 heavy (non-hydrogen) atoms. The zero-order valence-electron chi connectivity index (χ0n) is 8.18. The van der Waals surface area contributed by atoms with Crippen LogP contribution in [0.1, 0.15) is 32.6 Å². The maximum Gasteiger partial charge on any atom is 0.224 e. The Labute approximate surface area is 85.0 Å². The summed E-state index contributed by atoms with van der Waals surface area (Å²) in [6.07, 6.45) is 5.20. The molecule has 1 unspecified atom stereocenters. The van der Waals surface area contributed by atoms with Crippen molar-refractivity contribution >= 4 is 17.5 Å². The highest BCUT2D eigenvalue weighted by molar-refractivity contribution is 6.19. The normalized spacial score (nSPS) is 20.2. The molecule has 0 bridgehead atoms. The van der Waals surface area contributed by atoms with Gasteiger partial charge in [0.05, 0.1) is 0 Å². The second kappa shape index (κ2) is 5.48. The van der Waals surface area contributed by atoms with E-state index >= 15 is 0 Å². The molecule has 3 heteroatoms. The molecule has 0 aromatic carbocycles. The van der Waals surface area contributed by atoms with E-state index in [2.05, 4.69) is 5.32 Å². The number of rotatable bonds is 4. The monoisotopic (exact) mass is 203 g/mol. The molecule has 0 aromatic heterocycles. The number of amides is 1. The van der Waals surface area contributed by atoms with Gasteiger partial charge in [-0.2, -0.15) is 0 Å². The van der Waals surface area contributed by atoms with Gasteiger partial charge in [0.15, 0.2) is 0 Å². The van der Waals surface area contributed by atoms with Crippen LogP contribution in [0, 0.1) is 11.8 Å². The highest BCUT2D eigenvalue weighted by atomic mass is 35.5. The van der Waals surface area contributed by atoms with Crippen molar-refractivity contribution < 1.29 is 4.79 Å². The number of carbonyl (C=O) groups excluding carboxylic acids is 1. The molecule has 1 fully saturated rings. The minimum absolute atomic E-state index is 0.0527. The van der Waals surface area contributed by atoms with Gasteiger partial charge in [-0.15, -0.1) is 11.6 Å². The van der Waals surface area contributed by atoms with Gasteiger partial charge in [-0.25, -0.2) is 0 Å². The van der Waals surface area contributed by atoms with Gasteiger partial charge < -0.3 is 5.32 Å². The fraction of sp³-hybridized carbons (Fsp3) is 0.900. The van der Waals surface area contributed by atoms with Crippen LogP contribution < -0.4 is 5.32 Å². The Hall–Kier alpha value is -0.240. The lowest BCUT2D eigenvalue weighted by atomic mass is 10.1. The number of hydrogen-bond acceptors (Lipinski definition) is 1. The van der Waals surface area contributed by atoms with Gasteiger partial charge >= 0.3 is 0 Å². The molecule has 0 heterocycles. The standard InChI is InChI=1S/C10H18ClNO/c1-8(6-11)10(13)12-7-9-4-2-3-5-9/h8-9H,2-7H2,1H3,(H,12,13). The first kappa shape index (κ1) is 10.8. The zero-order chi connectivity index (χ0) is 9.68. The molecule has 1 saturated carbocycles. The summed E-state index contributed by atoms with van der Waals surface area (Å²) in [4.78, 5) is 11.3. The highest BCUT2D eigenvalue weighted by Crippen LogP contribution is 2.23. The third-order valence-electron chi connectivity index (χ3n) is 2.72. The minimum Gasteiger partial charge on any atom is -0.356 e. The maximum absolute atomic E-state index is 11.3. The molecule has 0 aliphatic heterocycles. The fourth-order valence-corrected chi connectivity index (χ4v) is 1.84. The lowest BCUT2D eigenvalue weighted by molar-refractivity contribution is -0.124. The Kier molecular flexibility index (Phi) is 4.57. The van der Waals surface area contributed by atoms with Crippen LogP contribution in [0.15, 0.2) is 0 Å². The third kappa shape index (κ3) is 3.55. The van der Waals surface area contributed by atoms with Crippen LogP contribution in [0.4, 0.5) is 0 Å². The zero-order valence-corrected chi connectivity index (χ0v) is 8.94. The average molecular weight is 204 g/mol. The SMILES string of the molecule is CC(CCl)C(=O)NCC1CCCC1. The molecule has 1 aliphatic carbocycles. The van der Waals surface area contributed by atoms with E-state index in [1.54, 1.807) is 0 Å². The van der Waals surface area contributed by atoms with Crippen LogP contribution in [0.2, 0.25) is 0 Å². The molecule has 76 valence electrons. The number of alkyl halides is 1. The summed E-state index contributed by atoms with van der Waals surface area (Å²) in [7, 11) is 0. The second-order valence-corrected chi connectivity index (χ2v) is 4.26. The van der Waals surface area contributed by atoms with Crippen molar-refractivity contribution in [3.05, 3.63) is 0 Å². The molecule has 1 aliphatic rings. The smallest absolute Gasteiger partial charge is 0.224 e. The lowest BCUT2D eigenvalue weighted by Crippen LogP contribution is -2.33. The van der Waals surface area contributed by atoms with E-state index in [1.165, 1.54) is 25.7 Å². The van der Waals surface area contributed by atoms with Gasteiger partial charge in [0.1, 0.15) is 0 Å². The predicted molar refractivity (Wildman–Crippen MR) is 54.9 cm³/mol. The van der Waals surface area contributed by atoms with Crippen molar-refractivity contribution in [1.82, 2.24) is 5.32 Å². The van der Waals surface area contributed by atoms with Gasteiger partial charge in [-0.1, -0.05) is 19.8 Å². The summed E-state index contributed by atoms with van der Waals surface area (Å²) in [6, 6.07) is 0. The van der Waals surface area contributed by atoms with Crippen molar-refractivity contribution in [1.29, 1.82) is 0 Å². The highest BCUT2D eigenvalue weighted by Gasteiger charge is 2.17. The number of carbonyl (C=O) groups is 1. The number of nitrogens with one attached hydrogen (secondary N) is 1. The third-order valence-corrected chi connectivity index (χ3v) is 3.18. The Morgan fingerprint density at radius 2 is 2.15 bits per heavy atom. The van der Waals surface area contributed by atoms with Crippen molar-refractivity contribution in [2.45, 2.75) is 32.6 Å². The Morgan fingerprint density at radius 1 is 1.54 bits per heavy atom. The first-order valence-electron chi connectivity index (χ1n) is 5.07. The molecular formula is C10H18ClNO. The van der Waals surface area contributed by atoms with Crippen LogP contribution in [-0.2, 0) is 4.79 Å². The summed E-state index contributed by atoms with van der Waals surface area (Å²) in [5.74, 6) is 1.17. The topological polar surface area (TPSA) is 29.1 Å². The lowest BCUT2D eigenvalue weighted by Gasteiger charge is -2.12. The molecular weight excluding hydrogens is 186 g/mol. The maximum atomic E-state index is 11.3. The second-order valence-electron chi connectivity index (χ2n) is 3.95. The summed E-state index contributed by atoms with van der Waals surface area (Å²) < 4.78 is 0. The van der Waals surface area contributed by atoms with E-state index < -0.39 is 0 Å². The van der Waals surface area contributed by atoms with Gasteiger partial charge in [-0.05, 0) is 18.8 Å². The van der Waals surface area contributed by atoms with Crippen molar-refractivity contribution in [2.75, 3.05) is 12.4 Å². The minimum atomic E-state index is -0.0527. The van der Waals surface area contributed by atoms with E-state index in [0.717, 1.165) is 6.54 Å². The van der Waals surface area contributed by atoms with Gasteiger partial charge in [0.25, 0.3) is 0 Å². The van der Waals surface area contributed by atoms with E-state index in [4.69, 9.17) is 11.6 Å². The fourth-order valence-electron chi connectivity index (χ4n) is 1.70. The first-order valence-corrected chi connectivity index (χ1v) is 5.61. The van der Waals surface area contributed by atoms with Crippen molar-refractivity contribution in [3.8, 4) is 0 Å². The molecule has 0 aromatic rings. The van der Waals surface area contributed by atoms with Crippen LogP contribution in [0.5, 0.6) is 0 Å². The van der Waals surface area contributed by atoms with Crippen LogP contribution in [-0.4, -0.2) is 18.3 Å². The van der Waals surface area contributed by atoms with Crippen LogP contribution in [0.3, 0.4) is 0 Å². The molecule has 0 saturated heterocycles. The van der Waals surface area contributed by atoms with E-state index in [9.17, 15) is 4.79 Å². The van der Waals surface area contributed by atoms with Gasteiger partial charge in [0, 0.05) is 18.3 Å². The molecule has 1 N–H and O–H groups in total. The Morgan fingerprint density at radius 3 is 2.69 bits per heavy atom. The quantitative estimate of drug-likeness (QED) is 0.698. The number of hydrogen-bond donors (Lipinski definition) is 1. The largest absolute Gasteiger partial charge is 0.356 e. The van der Waals surface area contributed by atoms with E-state index in [-0.39, 0.29) is 11.8 Å². The Bertz CT molecular complexity index is 166. The van der Waals surface area contributed by atoms with E-state index in [0.29, 0.717) is 11.8 Å². The molecule has 0 radical (unpaired) electrons. The van der Waals surface area contributed by atoms with E-state index in [1.807, 2.05) is 6.92 Å². The molecule has 1 atom stereocenters. The van der Waals surface area contributed by atoms with Crippen LogP contribution in [0.25, 0.3) is 0 Å². The van der Waals surface area contributed by atoms with Crippen molar-refractivity contribution in [2.24, 2.45) is 11.8 Å². The summed E-state index contributed by atoms with van der Waals surface area (Å²) >= 11 is 5.58. The first-order chi connectivity index (χ1) is 6.24. The Balaban J connectivity index is 2.13. The summed E-state index contributed by atoms with van der Waals surface area (Å²) in [5, 5.41) is 2.95. The van der Waals surface area contributed by atoms with Gasteiger partial charge in [0.2, 0.25) is 5.91 Å².